The third-order valence-electron chi connectivity index (χ3n) is 1.98. The predicted octanol–water partition coefficient (Wildman–Crippen LogP) is -1.06. The predicted molar refractivity (Wildman–Crippen MR) is 60.0 cm³/mol. The second-order valence-corrected chi connectivity index (χ2v) is 5.01. The number of rotatable bonds is 4. The first-order chi connectivity index (χ1) is 6.97. The van der Waals surface area contributed by atoms with Gasteiger partial charge in [0.15, 0.2) is 7.60 Å². The van der Waals surface area contributed by atoms with Gasteiger partial charge in [0.2, 0.25) is 0 Å². The Kier molecular flexibility index (Phi) is 6.80. The van der Waals surface area contributed by atoms with E-state index in [4.69, 9.17) is 4.52 Å². The summed E-state index contributed by atoms with van der Waals surface area (Å²) in [6, 6.07) is 6.52. The number of allylic oxidation sites excluding steroid dienone is 1. The molecule has 1 aromatic rings. The third kappa shape index (κ3) is 4.17. The fourth-order valence-electron chi connectivity index (χ4n) is 1.17. The molecular weight excluding hydrogens is 234 g/mol. The first-order valence-corrected chi connectivity index (χ1v) is 6.23. The Bertz CT molecular complexity index is 400. The summed E-state index contributed by atoms with van der Waals surface area (Å²) in [6.07, 6.45) is 0. The van der Waals surface area contributed by atoms with Gasteiger partial charge < -0.3 is 14.0 Å². The van der Waals surface area contributed by atoms with Gasteiger partial charge in [-0.3, -0.25) is 0 Å². The average molecular weight is 248 g/mol. The number of hydrogen-bond acceptors (Lipinski definition) is 3. The normalized spacial score (nSPS) is 13.7. The van der Waals surface area contributed by atoms with Crippen molar-refractivity contribution >= 4 is 18.5 Å². The molecule has 0 saturated heterocycles. The first kappa shape index (κ1) is 16.1. The molecule has 0 bridgehead atoms. The van der Waals surface area contributed by atoms with E-state index in [1.54, 1.807) is 19.1 Å². The molecule has 0 fully saturated rings. The molecule has 82 valence electrons. The van der Waals surface area contributed by atoms with Crippen molar-refractivity contribution < 1.29 is 43.5 Å². The summed E-state index contributed by atoms with van der Waals surface area (Å²) >= 11 is 0. The molecule has 0 aliphatic carbocycles. The summed E-state index contributed by atoms with van der Waals surface area (Å²) in [7, 11) is -3.87. The van der Waals surface area contributed by atoms with Crippen LogP contribution >= 0.6 is 7.60 Å². The van der Waals surface area contributed by atoms with E-state index < -0.39 is 7.60 Å². The maximum absolute atomic E-state index is 11.5. The van der Waals surface area contributed by atoms with Gasteiger partial charge >= 0.3 is 29.6 Å². The van der Waals surface area contributed by atoms with Crippen molar-refractivity contribution in [1.82, 2.24) is 0 Å². The zero-order valence-corrected chi connectivity index (χ0v) is 12.8. The molecule has 0 aliphatic heterocycles. The Morgan fingerprint density at radius 3 is 2.31 bits per heavy atom. The van der Waals surface area contributed by atoms with E-state index in [-0.39, 0.29) is 41.5 Å². The Labute approximate surface area is 118 Å². The van der Waals surface area contributed by atoms with E-state index in [9.17, 15) is 9.46 Å². The van der Waals surface area contributed by atoms with Crippen LogP contribution in [0.3, 0.4) is 0 Å². The molecule has 0 spiro atoms. The van der Waals surface area contributed by atoms with Gasteiger partial charge in [0.05, 0.1) is 6.61 Å². The molecule has 3 nitrogen and oxygen atoms in total. The molecule has 1 unspecified atom stereocenters. The molecule has 0 N–H and O–H groups in total. The molecule has 0 aromatic heterocycles. The van der Waals surface area contributed by atoms with Crippen LogP contribution in [0, 0.1) is 0 Å². The van der Waals surface area contributed by atoms with E-state index >= 15 is 0 Å². The maximum atomic E-state index is 11.5. The summed E-state index contributed by atoms with van der Waals surface area (Å²) in [5.41, 5.74) is 1.83. The molecule has 1 aromatic carbocycles. The third-order valence-corrected chi connectivity index (χ3v) is 3.50. The van der Waals surface area contributed by atoms with Gasteiger partial charge in [0.1, 0.15) is 0 Å². The molecular formula is C11H14NaO3P. The minimum Gasteiger partial charge on any atom is -0.775 e. The Balaban J connectivity index is 0.00000225. The second kappa shape index (κ2) is 6.75. The van der Waals surface area contributed by atoms with Crippen LogP contribution in [0.1, 0.15) is 19.4 Å². The van der Waals surface area contributed by atoms with Gasteiger partial charge in [0.25, 0.3) is 0 Å². The molecule has 0 radical (unpaired) electrons. The average Bonchev–Trinajstić information content (AvgIpc) is 2.18. The maximum Gasteiger partial charge on any atom is 1.00 e. The molecule has 0 aliphatic rings. The van der Waals surface area contributed by atoms with Crippen molar-refractivity contribution in [3.8, 4) is 0 Å². The zero-order valence-electron chi connectivity index (χ0n) is 9.90. The second-order valence-electron chi connectivity index (χ2n) is 3.24. The molecule has 1 atom stereocenters. The van der Waals surface area contributed by atoms with E-state index in [1.807, 2.05) is 6.92 Å². The summed E-state index contributed by atoms with van der Waals surface area (Å²) in [5.74, 6) is 0. The Morgan fingerprint density at radius 2 is 1.94 bits per heavy atom. The minimum absolute atomic E-state index is 0. The minimum atomic E-state index is -3.87. The van der Waals surface area contributed by atoms with Crippen molar-refractivity contribution in [3.05, 3.63) is 36.4 Å². The van der Waals surface area contributed by atoms with Crippen molar-refractivity contribution in [1.29, 1.82) is 0 Å². The van der Waals surface area contributed by atoms with Crippen LogP contribution in [0.4, 0.5) is 0 Å². The van der Waals surface area contributed by atoms with Crippen molar-refractivity contribution in [2.24, 2.45) is 0 Å². The zero-order chi connectivity index (χ0) is 11.5. The summed E-state index contributed by atoms with van der Waals surface area (Å²) in [5, 5.41) is 0.203. The summed E-state index contributed by atoms with van der Waals surface area (Å²) in [6.45, 7) is 7.45. The van der Waals surface area contributed by atoms with Crippen LogP contribution in [0.2, 0.25) is 0 Å². The Morgan fingerprint density at radius 1 is 1.44 bits per heavy atom. The monoisotopic (exact) mass is 248 g/mol. The number of benzene rings is 1. The molecule has 0 saturated carbocycles. The van der Waals surface area contributed by atoms with Crippen LogP contribution in [0.15, 0.2) is 30.8 Å². The molecule has 0 amide bonds. The molecule has 1 rings (SSSR count). The van der Waals surface area contributed by atoms with Gasteiger partial charge in [-0.15, -0.1) is 0 Å². The van der Waals surface area contributed by atoms with Crippen molar-refractivity contribution in [3.63, 3.8) is 0 Å². The van der Waals surface area contributed by atoms with Gasteiger partial charge in [-0.2, -0.15) is 0 Å². The molecule has 5 heteroatoms. The fourth-order valence-corrected chi connectivity index (χ4v) is 2.18. The standard InChI is InChI=1S/C11H15O3P.Na/c1-4-14-15(12,13)11-7-5-10(6-8-11)9(2)3;/h5-8H,2,4H2,1,3H3,(H,12,13);/q;+1/p-1. The van der Waals surface area contributed by atoms with Crippen LogP contribution in [0.5, 0.6) is 0 Å². The van der Waals surface area contributed by atoms with E-state index in [2.05, 4.69) is 6.58 Å². The summed E-state index contributed by atoms with van der Waals surface area (Å²) in [4.78, 5) is 11.5. The van der Waals surface area contributed by atoms with E-state index in [0.717, 1.165) is 11.1 Å². The van der Waals surface area contributed by atoms with Gasteiger partial charge in [-0.25, -0.2) is 0 Å². The van der Waals surface area contributed by atoms with E-state index in [0.29, 0.717) is 0 Å². The fraction of sp³-hybridized carbons (Fsp3) is 0.273. The van der Waals surface area contributed by atoms with Crippen LogP contribution < -0.4 is 39.8 Å². The van der Waals surface area contributed by atoms with Crippen LogP contribution in [0.25, 0.3) is 5.57 Å². The summed E-state index contributed by atoms with van der Waals surface area (Å²) < 4.78 is 16.2. The first-order valence-electron chi connectivity index (χ1n) is 4.69. The van der Waals surface area contributed by atoms with E-state index in [1.165, 1.54) is 12.1 Å². The van der Waals surface area contributed by atoms with Crippen LogP contribution in [-0.4, -0.2) is 6.61 Å². The Hall–Kier alpha value is 0.110. The van der Waals surface area contributed by atoms with Gasteiger partial charge in [0, 0.05) is 5.30 Å². The quantitative estimate of drug-likeness (QED) is 0.504. The van der Waals surface area contributed by atoms with Crippen molar-refractivity contribution in [2.45, 2.75) is 13.8 Å². The molecule has 0 heterocycles. The SMILES string of the molecule is C=C(C)c1ccc(P(=O)([O-])OCC)cc1.[Na+]. The van der Waals surface area contributed by atoms with Crippen molar-refractivity contribution in [2.75, 3.05) is 6.61 Å². The topological polar surface area (TPSA) is 49.4 Å². The van der Waals surface area contributed by atoms with Gasteiger partial charge in [-0.1, -0.05) is 24.3 Å². The smallest absolute Gasteiger partial charge is 0.775 e. The molecule has 16 heavy (non-hydrogen) atoms. The van der Waals surface area contributed by atoms with Gasteiger partial charge in [-0.05, 0) is 31.5 Å². The van der Waals surface area contributed by atoms with Crippen LogP contribution in [-0.2, 0) is 9.09 Å². The number of hydrogen-bond donors (Lipinski definition) is 0. The largest absolute Gasteiger partial charge is 1.00 e.